The Labute approximate surface area is 132 Å². The van der Waals surface area contributed by atoms with Crippen LogP contribution in [0.25, 0.3) is 6.08 Å². The highest BCUT2D eigenvalue weighted by Crippen LogP contribution is 2.21. The van der Waals surface area contributed by atoms with E-state index in [4.69, 9.17) is 11.6 Å². The maximum atomic E-state index is 11.8. The van der Waals surface area contributed by atoms with Gasteiger partial charge in [0.15, 0.2) is 0 Å². The molecular weight excluding hydrogens is 330 g/mol. The van der Waals surface area contributed by atoms with Crippen molar-refractivity contribution >= 4 is 44.9 Å². The molecule has 0 atom stereocenters. The molecule has 0 fully saturated rings. The van der Waals surface area contributed by atoms with Gasteiger partial charge < -0.3 is 0 Å². The molecule has 0 unspecified atom stereocenters. The lowest BCUT2D eigenvalue weighted by Gasteiger charge is -2.01. The van der Waals surface area contributed by atoms with E-state index in [-0.39, 0.29) is 4.88 Å². The second-order valence-electron chi connectivity index (χ2n) is 4.29. The van der Waals surface area contributed by atoms with Gasteiger partial charge in [-0.05, 0) is 30.7 Å². The van der Waals surface area contributed by atoms with Gasteiger partial charge in [0.05, 0.1) is 14.6 Å². The number of carbonyl (C=O) groups excluding carboxylic acids is 1. The quantitative estimate of drug-likeness (QED) is 0.926. The molecule has 1 amide bonds. The highest BCUT2D eigenvalue weighted by atomic mass is 35.5. The lowest BCUT2D eigenvalue weighted by atomic mass is 10.2. The van der Waals surface area contributed by atoms with Crippen LogP contribution in [-0.4, -0.2) is 14.3 Å². The Morgan fingerprint density at radius 2 is 1.86 bits per heavy atom. The molecule has 1 aromatic heterocycles. The summed E-state index contributed by atoms with van der Waals surface area (Å²) in [6.45, 7) is 1.94. The van der Waals surface area contributed by atoms with E-state index in [1.807, 2.05) is 23.8 Å². The number of sulfonamides is 1. The Morgan fingerprint density at radius 1 is 1.19 bits per heavy atom. The lowest BCUT2D eigenvalue weighted by molar-refractivity contribution is 0.0986. The van der Waals surface area contributed by atoms with Gasteiger partial charge in [0.25, 0.3) is 15.9 Å². The molecule has 1 N–H and O–H groups in total. The standard InChI is InChI=1S/C14H12ClNO3S2/c1-10-2-4-11(5-3-10)8-9-21(18,19)16-14(17)12-6-7-13(15)20-12/h2-9H,1H3,(H,16,17)/b9-8+. The van der Waals surface area contributed by atoms with Crippen LogP contribution in [-0.2, 0) is 10.0 Å². The molecule has 2 rings (SSSR count). The molecule has 0 saturated carbocycles. The van der Waals surface area contributed by atoms with Crippen LogP contribution in [0.15, 0.2) is 41.8 Å². The van der Waals surface area contributed by atoms with Crippen molar-refractivity contribution in [3.63, 3.8) is 0 Å². The SMILES string of the molecule is Cc1ccc(/C=C/S(=O)(=O)NC(=O)c2ccc(Cl)s2)cc1. The molecule has 0 aliphatic heterocycles. The fraction of sp³-hybridized carbons (Fsp3) is 0.0714. The summed E-state index contributed by atoms with van der Waals surface area (Å²) in [6, 6.07) is 10.3. The third-order valence-corrected chi connectivity index (χ3v) is 4.74. The molecule has 7 heteroatoms. The van der Waals surface area contributed by atoms with Crippen molar-refractivity contribution in [3.05, 3.63) is 62.1 Å². The van der Waals surface area contributed by atoms with E-state index in [2.05, 4.69) is 0 Å². The second kappa shape index (κ2) is 6.43. The average molecular weight is 342 g/mol. The predicted octanol–water partition coefficient (Wildman–Crippen LogP) is 3.44. The van der Waals surface area contributed by atoms with Crippen molar-refractivity contribution in [1.82, 2.24) is 4.72 Å². The molecule has 0 bridgehead atoms. The first kappa shape index (κ1) is 15.8. The van der Waals surface area contributed by atoms with Crippen molar-refractivity contribution in [2.24, 2.45) is 0 Å². The summed E-state index contributed by atoms with van der Waals surface area (Å²) >= 11 is 6.72. The number of carbonyl (C=O) groups is 1. The number of hydrogen-bond acceptors (Lipinski definition) is 4. The van der Waals surface area contributed by atoms with E-state index < -0.39 is 15.9 Å². The van der Waals surface area contributed by atoms with Crippen LogP contribution in [0, 0.1) is 6.92 Å². The second-order valence-corrected chi connectivity index (χ2v) is 7.57. The number of thiophene rings is 1. The van der Waals surface area contributed by atoms with Crippen LogP contribution in [0.3, 0.4) is 0 Å². The third-order valence-electron chi connectivity index (χ3n) is 2.55. The van der Waals surface area contributed by atoms with Gasteiger partial charge in [0.2, 0.25) is 0 Å². The smallest absolute Gasteiger partial charge is 0.267 e. The molecule has 0 saturated heterocycles. The Bertz CT molecular complexity index is 777. The van der Waals surface area contributed by atoms with Crippen molar-refractivity contribution in [2.75, 3.05) is 0 Å². The van der Waals surface area contributed by atoms with Gasteiger partial charge in [-0.3, -0.25) is 4.79 Å². The summed E-state index contributed by atoms with van der Waals surface area (Å²) in [5.74, 6) is -0.694. The summed E-state index contributed by atoms with van der Waals surface area (Å²) in [4.78, 5) is 12.0. The monoisotopic (exact) mass is 341 g/mol. The summed E-state index contributed by atoms with van der Waals surface area (Å²) in [6.07, 6.45) is 1.43. The normalized spacial score (nSPS) is 11.7. The van der Waals surface area contributed by atoms with E-state index in [0.29, 0.717) is 4.34 Å². The Balaban J connectivity index is 2.08. The van der Waals surface area contributed by atoms with Gasteiger partial charge in [0.1, 0.15) is 0 Å². The van der Waals surface area contributed by atoms with Crippen molar-refractivity contribution in [3.8, 4) is 0 Å². The molecular formula is C14H12ClNO3S2. The Kier molecular flexibility index (Phi) is 4.82. The van der Waals surface area contributed by atoms with Crippen LogP contribution >= 0.6 is 22.9 Å². The van der Waals surface area contributed by atoms with Crippen molar-refractivity contribution in [2.45, 2.75) is 6.92 Å². The number of benzene rings is 1. The van der Waals surface area contributed by atoms with Gasteiger partial charge in [-0.1, -0.05) is 41.4 Å². The minimum absolute atomic E-state index is 0.243. The topological polar surface area (TPSA) is 63.2 Å². The first-order valence-electron chi connectivity index (χ1n) is 5.93. The Hall–Kier alpha value is -1.63. The van der Waals surface area contributed by atoms with Gasteiger partial charge >= 0.3 is 0 Å². The van der Waals surface area contributed by atoms with Gasteiger partial charge in [-0.15, -0.1) is 11.3 Å². The number of amides is 1. The van der Waals surface area contributed by atoms with E-state index in [1.54, 1.807) is 12.1 Å². The fourth-order valence-corrected chi connectivity index (χ4v) is 3.27. The molecule has 0 radical (unpaired) electrons. The lowest BCUT2D eigenvalue weighted by Crippen LogP contribution is -2.28. The van der Waals surface area contributed by atoms with E-state index in [9.17, 15) is 13.2 Å². The van der Waals surface area contributed by atoms with Gasteiger partial charge in [-0.2, -0.15) is 0 Å². The van der Waals surface area contributed by atoms with Gasteiger partial charge in [0, 0.05) is 0 Å². The highest BCUT2D eigenvalue weighted by molar-refractivity contribution is 7.93. The average Bonchev–Trinajstić information content (AvgIpc) is 2.84. The molecule has 21 heavy (non-hydrogen) atoms. The first-order chi connectivity index (χ1) is 9.85. The maximum absolute atomic E-state index is 11.8. The number of aryl methyl sites for hydroxylation is 1. The van der Waals surface area contributed by atoms with Gasteiger partial charge in [-0.25, -0.2) is 13.1 Å². The largest absolute Gasteiger partial charge is 0.275 e. The highest BCUT2D eigenvalue weighted by Gasteiger charge is 2.14. The van der Waals surface area contributed by atoms with E-state index in [1.165, 1.54) is 18.2 Å². The van der Waals surface area contributed by atoms with Crippen LogP contribution < -0.4 is 4.72 Å². The molecule has 0 aliphatic rings. The molecule has 1 heterocycles. The summed E-state index contributed by atoms with van der Waals surface area (Å²) in [5, 5.41) is 0.963. The van der Waals surface area contributed by atoms with E-state index >= 15 is 0 Å². The third kappa shape index (κ3) is 4.70. The molecule has 110 valence electrons. The minimum atomic E-state index is -3.84. The van der Waals surface area contributed by atoms with Crippen LogP contribution in [0.4, 0.5) is 0 Å². The zero-order valence-corrected chi connectivity index (χ0v) is 13.4. The summed E-state index contributed by atoms with van der Waals surface area (Å²) < 4.78 is 26.0. The van der Waals surface area contributed by atoms with Crippen LogP contribution in [0.1, 0.15) is 20.8 Å². The zero-order chi connectivity index (χ0) is 15.5. The molecule has 2 aromatic rings. The van der Waals surface area contributed by atoms with Crippen LogP contribution in [0.5, 0.6) is 0 Å². The first-order valence-corrected chi connectivity index (χ1v) is 8.67. The number of halogens is 1. The molecule has 1 aromatic carbocycles. The molecule has 0 aliphatic carbocycles. The Morgan fingerprint density at radius 3 is 2.43 bits per heavy atom. The molecule has 0 spiro atoms. The summed E-state index contributed by atoms with van der Waals surface area (Å²) in [7, 11) is -3.84. The summed E-state index contributed by atoms with van der Waals surface area (Å²) in [5.41, 5.74) is 1.82. The zero-order valence-electron chi connectivity index (χ0n) is 11.0. The van der Waals surface area contributed by atoms with Crippen LogP contribution in [0.2, 0.25) is 4.34 Å². The number of hydrogen-bond donors (Lipinski definition) is 1. The minimum Gasteiger partial charge on any atom is -0.267 e. The fourth-order valence-electron chi connectivity index (χ4n) is 1.50. The maximum Gasteiger partial charge on any atom is 0.275 e. The predicted molar refractivity (Wildman–Crippen MR) is 85.9 cm³/mol. The molecule has 4 nitrogen and oxygen atoms in total. The van der Waals surface area contributed by atoms with E-state index in [0.717, 1.165) is 27.9 Å². The number of nitrogens with one attached hydrogen (secondary N) is 1. The van der Waals surface area contributed by atoms with Crippen molar-refractivity contribution < 1.29 is 13.2 Å². The van der Waals surface area contributed by atoms with Crippen molar-refractivity contribution in [1.29, 1.82) is 0 Å². The number of rotatable bonds is 4.